The Balaban J connectivity index is 1.65. The van der Waals surface area contributed by atoms with E-state index in [2.05, 4.69) is 59.7 Å². The summed E-state index contributed by atoms with van der Waals surface area (Å²) < 4.78 is 5.66. The highest BCUT2D eigenvalue weighted by Gasteiger charge is 2.01. The number of hydrogen-bond acceptors (Lipinski definition) is 3. The predicted octanol–water partition coefficient (Wildman–Crippen LogP) is 3.70. The van der Waals surface area contributed by atoms with Crippen molar-refractivity contribution in [3.05, 3.63) is 65.7 Å². The highest BCUT2D eigenvalue weighted by molar-refractivity contribution is 5.27. The van der Waals surface area contributed by atoms with Crippen molar-refractivity contribution in [2.24, 2.45) is 0 Å². The van der Waals surface area contributed by atoms with Crippen LogP contribution in [0.4, 0.5) is 0 Å². The van der Waals surface area contributed by atoms with E-state index < -0.39 is 0 Å². The minimum Gasteiger partial charge on any atom is -0.491 e. The van der Waals surface area contributed by atoms with Crippen LogP contribution in [0.5, 0.6) is 5.75 Å². The molecule has 2 rings (SSSR count). The minimum atomic E-state index is 0.221. The number of ether oxygens (including phenoxy) is 1. The van der Waals surface area contributed by atoms with Gasteiger partial charge in [-0.25, -0.2) is 0 Å². The topological polar surface area (TPSA) is 24.5 Å². The maximum atomic E-state index is 5.66. The van der Waals surface area contributed by atoms with Crippen LogP contribution in [0.3, 0.4) is 0 Å². The van der Waals surface area contributed by atoms with Crippen molar-refractivity contribution in [2.45, 2.75) is 33.0 Å². The molecule has 0 spiro atoms. The molecule has 0 bridgehead atoms. The van der Waals surface area contributed by atoms with E-state index in [4.69, 9.17) is 4.74 Å². The average molecular weight is 312 g/mol. The van der Waals surface area contributed by atoms with E-state index in [1.165, 1.54) is 11.1 Å². The van der Waals surface area contributed by atoms with Gasteiger partial charge in [-0.05, 0) is 44.2 Å². The first-order valence-electron chi connectivity index (χ1n) is 8.32. The monoisotopic (exact) mass is 312 g/mol. The van der Waals surface area contributed by atoms with Crippen LogP contribution in [0.2, 0.25) is 0 Å². The molecule has 3 heteroatoms. The van der Waals surface area contributed by atoms with Crippen LogP contribution in [0, 0.1) is 0 Å². The van der Waals surface area contributed by atoms with Crippen molar-refractivity contribution < 1.29 is 4.74 Å². The molecule has 1 N–H and O–H groups in total. The van der Waals surface area contributed by atoms with Crippen molar-refractivity contribution in [3.8, 4) is 5.75 Å². The molecule has 0 aliphatic carbocycles. The van der Waals surface area contributed by atoms with Crippen molar-refractivity contribution in [1.29, 1.82) is 0 Å². The Bertz CT molecular complexity index is 552. The third-order valence-corrected chi connectivity index (χ3v) is 3.59. The first kappa shape index (κ1) is 17.5. The SMILES string of the molecule is CC(C)Oc1ccc(CNCCN(C)Cc2ccccc2)cc1. The third kappa shape index (κ3) is 6.85. The molecule has 0 saturated carbocycles. The Kier molecular flexibility index (Phi) is 7.11. The largest absolute Gasteiger partial charge is 0.491 e. The lowest BCUT2D eigenvalue weighted by Crippen LogP contribution is -2.28. The average Bonchev–Trinajstić information content (AvgIpc) is 2.53. The minimum absolute atomic E-state index is 0.221. The van der Waals surface area contributed by atoms with Gasteiger partial charge >= 0.3 is 0 Å². The van der Waals surface area contributed by atoms with Crippen LogP contribution in [-0.2, 0) is 13.1 Å². The summed E-state index contributed by atoms with van der Waals surface area (Å²) in [6, 6.07) is 18.9. The zero-order valence-electron chi connectivity index (χ0n) is 14.5. The zero-order chi connectivity index (χ0) is 16.5. The van der Waals surface area contributed by atoms with E-state index >= 15 is 0 Å². The van der Waals surface area contributed by atoms with E-state index in [0.717, 1.165) is 31.9 Å². The van der Waals surface area contributed by atoms with Gasteiger partial charge in [0.1, 0.15) is 5.75 Å². The number of rotatable bonds is 9. The third-order valence-electron chi connectivity index (χ3n) is 3.59. The van der Waals surface area contributed by atoms with Crippen molar-refractivity contribution >= 4 is 0 Å². The van der Waals surface area contributed by atoms with Crippen molar-refractivity contribution in [3.63, 3.8) is 0 Å². The molecule has 0 amide bonds. The maximum absolute atomic E-state index is 5.66. The fraction of sp³-hybridized carbons (Fsp3) is 0.400. The lowest BCUT2D eigenvalue weighted by molar-refractivity contribution is 0.242. The van der Waals surface area contributed by atoms with Crippen LogP contribution in [0.25, 0.3) is 0 Å². The van der Waals surface area contributed by atoms with Gasteiger partial charge in [0.2, 0.25) is 0 Å². The number of hydrogen-bond donors (Lipinski definition) is 1. The molecule has 0 aliphatic rings. The summed E-state index contributed by atoms with van der Waals surface area (Å²) in [5.41, 5.74) is 2.64. The molecule has 124 valence electrons. The van der Waals surface area contributed by atoms with Crippen molar-refractivity contribution in [1.82, 2.24) is 10.2 Å². The smallest absolute Gasteiger partial charge is 0.119 e. The Morgan fingerprint density at radius 3 is 2.30 bits per heavy atom. The molecule has 2 aromatic rings. The second-order valence-electron chi connectivity index (χ2n) is 6.21. The van der Waals surface area contributed by atoms with Crippen LogP contribution < -0.4 is 10.1 Å². The molecule has 0 aliphatic heterocycles. The second-order valence-corrected chi connectivity index (χ2v) is 6.21. The van der Waals surface area contributed by atoms with Gasteiger partial charge in [0.15, 0.2) is 0 Å². The Morgan fingerprint density at radius 2 is 1.65 bits per heavy atom. The molecule has 23 heavy (non-hydrogen) atoms. The Hall–Kier alpha value is -1.84. The van der Waals surface area contributed by atoms with Crippen LogP contribution in [0.1, 0.15) is 25.0 Å². The molecule has 0 radical (unpaired) electrons. The van der Waals surface area contributed by atoms with E-state index in [0.29, 0.717) is 0 Å². The molecule has 0 atom stereocenters. The lowest BCUT2D eigenvalue weighted by atomic mass is 10.2. The van der Waals surface area contributed by atoms with E-state index in [9.17, 15) is 0 Å². The first-order chi connectivity index (χ1) is 11.1. The number of benzene rings is 2. The number of likely N-dealkylation sites (N-methyl/N-ethyl adjacent to an activating group) is 1. The fourth-order valence-corrected chi connectivity index (χ4v) is 2.43. The van der Waals surface area contributed by atoms with Crippen LogP contribution >= 0.6 is 0 Å². The van der Waals surface area contributed by atoms with Gasteiger partial charge in [-0.15, -0.1) is 0 Å². The molecule has 0 fully saturated rings. The molecule has 0 aromatic heterocycles. The summed E-state index contributed by atoms with van der Waals surface area (Å²) in [4.78, 5) is 2.34. The Labute approximate surface area is 140 Å². The lowest BCUT2D eigenvalue weighted by Gasteiger charge is -2.17. The summed E-state index contributed by atoms with van der Waals surface area (Å²) >= 11 is 0. The fourth-order valence-electron chi connectivity index (χ4n) is 2.43. The standard InChI is InChI=1S/C20H28N2O/c1-17(2)23-20-11-9-18(10-12-20)15-21-13-14-22(3)16-19-7-5-4-6-8-19/h4-12,17,21H,13-16H2,1-3H3. The molecule has 0 heterocycles. The summed E-state index contributed by atoms with van der Waals surface area (Å²) in [6.07, 6.45) is 0.221. The van der Waals surface area contributed by atoms with Gasteiger partial charge in [0.25, 0.3) is 0 Å². The molecule has 3 nitrogen and oxygen atoms in total. The maximum Gasteiger partial charge on any atom is 0.119 e. The summed E-state index contributed by atoms with van der Waals surface area (Å²) in [6.45, 7) is 7.98. The van der Waals surface area contributed by atoms with E-state index in [1.807, 2.05) is 26.0 Å². The zero-order valence-corrected chi connectivity index (χ0v) is 14.5. The predicted molar refractivity (Wildman–Crippen MR) is 96.7 cm³/mol. The number of nitrogens with one attached hydrogen (secondary N) is 1. The van der Waals surface area contributed by atoms with Crippen LogP contribution in [-0.4, -0.2) is 31.1 Å². The van der Waals surface area contributed by atoms with Crippen molar-refractivity contribution in [2.75, 3.05) is 20.1 Å². The molecule has 0 unspecified atom stereocenters. The highest BCUT2D eigenvalue weighted by atomic mass is 16.5. The normalized spacial score (nSPS) is 11.2. The highest BCUT2D eigenvalue weighted by Crippen LogP contribution is 2.13. The molecular formula is C20H28N2O. The first-order valence-corrected chi connectivity index (χ1v) is 8.32. The van der Waals surface area contributed by atoms with E-state index in [1.54, 1.807) is 0 Å². The molecule has 0 saturated heterocycles. The molecular weight excluding hydrogens is 284 g/mol. The van der Waals surface area contributed by atoms with Gasteiger partial charge in [0, 0.05) is 26.2 Å². The van der Waals surface area contributed by atoms with Gasteiger partial charge < -0.3 is 15.0 Å². The van der Waals surface area contributed by atoms with Gasteiger partial charge in [-0.1, -0.05) is 42.5 Å². The van der Waals surface area contributed by atoms with Crippen LogP contribution in [0.15, 0.2) is 54.6 Å². The summed E-state index contributed by atoms with van der Waals surface area (Å²) in [7, 11) is 2.16. The van der Waals surface area contributed by atoms with Gasteiger partial charge in [-0.2, -0.15) is 0 Å². The molecule has 2 aromatic carbocycles. The summed E-state index contributed by atoms with van der Waals surface area (Å²) in [5.74, 6) is 0.936. The van der Waals surface area contributed by atoms with Gasteiger partial charge in [0.05, 0.1) is 6.10 Å². The number of nitrogens with zero attached hydrogens (tertiary/aromatic N) is 1. The van der Waals surface area contributed by atoms with E-state index in [-0.39, 0.29) is 6.10 Å². The van der Waals surface area contributed by atoms with Gasteiger partial charge in [-0.3, -0.25) is 0 Å². The quantitative estimate of drug-likeness (QED) is 0.715. The Morgan fingerprint density at radius 1 is 0.957 bits per heavy atom. The summed E-state index contributed by atoms with van der Waals surface area (Å²) in [5, 5.41) is 3.50. The second kappa shape index (κ2) is 9.33.